The third-order valence-corrected chi connectivity index (χ3v) is 5.95. The minimum atomic E-state index is 0.250. The minimum Gasteiger partial charge on any atom is -0.399 e. The summed E-state index contributed by atoms with van der Waals surface area (Å²) in [5, 5.41) is 7.57. The fourth-order valence-corrected chi connectivity index (χ4v) is 3.82. The average Bonchev–Trinajstić information content (AvgIpc) is 3.44. The van der Waals surface area contributed by atoms with Crippen molar-refractivity contribution in [2.24, 2.45) is 4.99 Å². The lowest BCUT2D eigenvalue weighted by Gasteiger charge is -1.93. The number of aldehydes is 1. The van der Waals surface area contributed by atoms with Gasteiger partial charge in [0.1, 0.15) is 0 Å². The number of carbonyl (C=O) groups excluding carboxylic acids is 1. The van der Waals surface area contributed by atoms with Crippen molar-refractivity contribution in [2.45, 2.75) is 34.6 Å². The van der Waals surface area contributed by atoms with Crippen LogP contribution >= 0.6 is 22.7 Å². The van der Waals surface area contributed by atoms with Gasteiger partial charge in [0.05, 0.1) is 10.6 Å². The largest absolute Gasteiger partial charge is 0.399 e. The van der Waals surface area contributed by atoms with Crippen molar-refractivity contribution < 1.29 is 9.90 Å². The van der Waals surface area contributed by atoms with Crippen molar-refractivity contribution in [3.63, 3.8) is 0 Å². The smallest absolute Gasteiger partial charge is 0.160 e. The van der Waals surface area contributed by atoms with Gasteiger partial charge in [0, 0.05) is 33.1 Å². The molecule has 3 N–H and O–H groups in total. The second kappa shape index (κ2) is 16.5. The summed E-state index contributed by atoms with van der Waals surface area (Å²) in [6, 6.07) is 24.0. The second-order valence-electron chi connectivity index (χ2n) is 7.34. The summed E-state index contributed by atoms with van der Waals surface area (Å²) in [7, 11) is 0. The van der Waals surface area contributed by atoms with Crippen LogP contribution in [0.25, 0.3) is 0 Å². The quantitative estimate of drug-likeness (QED) is 0.175. The van der Waals surface area contributed by atoms with Crippen LogP contribution in [0.4, 0.5) is 11.4 Å². The van der Waals surface area contributed by atoms with Crippen LogP contribution in [0.2, 0.25) is 0 Å². The number of aliphatic hydroxyl groups is 1. The van der Waals surface area contributed by atoms with E-state index in [0.717, 1.165) is 22.5 Å². The van der Waals surface area contributed by atoms with Crippen LogP contribution in [0.5, 0.6) is 0 Å². The van der Waals surface area contributed by atoms with E-state index in [0.29, 0.717) is 0 Å². The number of nitrogen functional groups attached to an aromatic ring is 1. The van der Waals surface area contributed by atoms with Crippen LogP contribution in [-0.2, 0) is 0 Å². The monoisotopic (exact) mass is 494 g/mol. The number of rotatable bonds is 3. The number of nitrogens with two attached hydrogens (primary N) is 1. The van der Waals surface area contributed by atoms with Gasteiger partial charge in [-0.1, -0.05) is 35.4 Å². The van der Waals surface area contributed by atoms with Gasteiger partial charge < -0.3 is 10.8 Å². The summed E-state index contributed by atoms with van der Waals surface area (Å²) in [5.74, 6) is 0. The zero-order chi connectivity index (χ0) is 25.3. The van der Waals surface area contributed by atoms with Crippen molar-refractivity contribution in [3.8, 4) is 0 Å². The first-order valence-electron chi connectivity index (χ1n) is 10.9. The molecule has 0 radical (unpaired) electrons. The van der Waals surface area contributed by atoms with Gasteiger partial charge in [-0.15, -0.1) is 22.7 Å². The summed E-state index contributed by atoms with van der Waals surface area (Å²) >= 11 is 3.28. The second-order valence-corrected chi connectivity index (χ2v) is 9.97. The van der Waals surface area contributed by atoms with E-state index in [9.17, 15) is 4.79 Å². The van der Waals surface area contributed by atoms with E-state index in [-0.39, 0.29) is 6.61 Å². The molecule has 0 aliphatic rings. The fraction of sp³-hybridized carbons (Fsp3) is 0.214. The number of aliphatic imine (C=N–C) groups is 1. The van der Waals surface area contributed by atoms with E-state index in [1.807, 2.05) is 68.6 Å². The molecule has 2 aromatic heterocycles. The number of aryl methyl sites for hydroxylation is 4. The molecule has 4 aromatic rings. The Morgan fingerprint density at radius 3 is 1.56 bits per heavy atom. The van der Waals surface area contributed by atoms with Crippen molar-refractivity contribution in [1.82, 2.24) is 0 Å². The van der Waals surface area contributed by atoms with Gasteiger partial charge in [0.2, 0.25) is 0 Å². The first-order valence-corrected chi connectivity index (χ1v) is 12.5. The van der Waals surface area contributed by atoms with Crippen LogP contribution < -0.4 is 5.73 Å². The number of hydrogen-bond donors (Lipinski definition) is 2. The predicted octanol–water partition coefficient (Wildman–Crippen LogP) is 7.56. The zero-order valence-corrected chi connectivity index (χ0v) is 22.1. The number of benzene rings is 2. The highest BCUT2D eigenvalue weighted by Gasteiger charge is 1.92. The number of carbonyl (C=O) groups is 1. The maximum Gasteiger partial charge on any atom is 0.160 e. The summed E-state index contributed by atoms with van der Waals surface area (Å²) in [4.78, 5) is 19.0. The van der Waals surface area contributed by atoms with E-state index in [1.54, 1.807) is 18.3 Å². The van der Waals surface area contributed by atoms with Crippen LogP contribution in [0.1, 0.15) is 42.4 Å². The molecular weight excluding hydrogens is 460 g/mol. The Morgan fingerprint density at radius 2 is 1.21 bits per heavy atom. The maximum atomic E-state index is 10.0. The SMILES string of the molecule is CCO.Cc1ccc(C=O)s1.Cc1ccc(N)cc1.Cc1ccc(N=Cc2ccc(C)s2)cc1. The number of nitrogens with zero attached hydrogens (tertiary/aromatic N) is 1. The van der Waals surface area contributed by atoms with Crippen LogP contribution in [0, 0.1) is 27.7 Å². The van der Waals surface area contributed by atoms with Crippen molar-refractivity contribution in [2.75, 3.05) is 12.3 Å². The van der Waals surface area contributed by atoms with Gasteiger partial charge in [-0.2, -0.15) is 0 Å². The van der Waals surface area contributed by atoms with Gasteiger partial charge in [0.15, 0.2) is 6.29 Å². The van der Waals surface area contributed by atoms with Gasteiger partial charge in [-0.25, -0.2) is 0 Å². The number of anilines is 1. The maximum absolute atomic E-state index is 10.0. The summed E-state index contributed by atoms with van der Waals surface area (Å²) in [6.45, 7) is 10.1. The molecule has 2 heterocycles. The molecule has 0 unspecified atom stereocenters. The highest BCUT2D eigenvalue weighted by atomic mass is 32.1. The Morgan fingerprint density at radius 1 is 0.765 bits per heavy atom. The standard InChI is InChI=1S/C13H13NS.C7H9N.C6H6OS.C2H6O/c1-10-3-6-12(7-4-10)14-9-13-8-5-11(2)15-13;1-6-2-4-7(8)5-3-6;1-5-2-3-6(4-7)8-5;1-2-3/h3-9H,1-2H3;2-5H,8H2,1H3;2-4H,1H3;3H,2H2,1H3. The molecule has 4 rings (SSSR count). The molecule has 2 aromatic carbocycles. The Hall–Kier alpha value is -3.06. The van der Waals surface area contributed by atoms with E-state index < -0.39 is 0 Å². The average molecular weight is 495 g/mol. The van der Waals surface area contributed by atoms with Crippen molar-refractivity contribution in [3.05, 3.63) is 103 Å². The third-order valence-electron chi connectivity index (χ3n) is 4.09. The topological polar surface area (TPSA) is 75.7 Å². The van der Waals surface area contributed by atoms with Gasteiger partial charge in [0.25, 0.3) is 0 Å². The van der Waals surface area contributed by atoms with Crippen LogP contribution in [0.3, 0.4) is 0 Å². The lowest BCUT2D eigenvalue weighted by Crippen LogP contribution is -1.81. The molecule has 180 valence electrons. The van der Waals surface area contributed by atoms with Crippen LogP contribution in [0.15, 0.2) is 77.8 Å². The molecule has 0 saturated carbocycles. The Kier molecular flexibility index (Phi) is 14.1. The molecule has 6 heteroatoms. The Bertz CT molecular complexity index is 1090. The first kappa shape index (κ1) is 29.0. The lowest BCUT2D eigenvalue weighted by molar-refractivity contribution is 0.112. The molecule has 0 aliphatic heterocycles. The Balaban J connectivity index is 0.000000259. The van der Waals surface area contributed by atoms with Gasteiger partial charge >= 0.3 is 0 Å². The van der Waals surface area contributed by atoms with E-state index >= 15 is 0 Å². The zero-order valence-electron chi connectivity index (χ0n) is 20.5. The Labute approximate surface area is 211 Å². The minimum absolute atomic E-state index is 0.250. The number of thiophene rings is 2. The normalized spacial score (nSPS) is 9.71. The van der Waals surface area contributed by atoms with E-state index in [4.69, 9.17) is 10.8 Å². The molecule has 0 amide bonds. The van der Waals surface area contributed by atoms with Crippen molar-refractivity contribution in [1.29, 1.82) is 0 Å². The number of aliphatic hydroxyl groups excluding tert-OH is 1. The highest BCUT2D eigenvalue weighted by molar-refractivity contribution is 7.13. The molecule has 0 fully saturated rings. The van der Waals surface area contributed by atoms with E-state index in [2.05, 4.69) is 43.1 Å². The molecule has 0 aliphatic carbocycles. The van der Waals surface area contributed by atoms with Gasteiger partial charge in [-0.05, 0) is 83.1 Å². The molecule has 0 saturated heterocycles. The highest BCUT2D eigenvalue weighted by Crippen LogP contribution is 2.16. The number of hydrogen-bond acceptors (Lipinski definition) is 6. The summed E-state index contributed by atoms with van der Waals surface area (Å²) in [6.07, 6.45) is 2.79. The summed E-state index contributed by atoms with van der Waals surface area (Å²) in [5.41, 5.74) is 9.78. The summed E-state index contributed by atoms with van der Waals surface area (Å²) < 4.78 is 0. The molecule has 34 heavy (non-hydrogen) atoms. The fourth-order valence-electron chi connectivity index (χ4n) is 2.38. The van der Waals surface area contributed by atoms with E-state index in [1.165, 1.54) is 37.1 Å². The van der Waals surface area contributed by atoms with Gasteiger partial charge in [-0.3, -0.25) is 9.79 Å². The predicted molar refractivity (Wildman–Crippen MR) is 150 cm³/mol. The third kappa shape index (κ3) is 12.8. The molecule has 0 atom stereocenters. The molecule has 4 nitrogen and oxygen atoms in total. The van der Waals surface area contributed by atoms with Crippen LogP contribution in [-0.4, -0.2) is 24.2 Å². The lowest BCUT2D eigenvalue weighted by atomic mass is 10.2. The molecule has 0 bridgehead atoms. The molecular formula is C28H34N2O2S2. The first-order chi connectivity index (χ1) is 16.3. The van der Waals surface area contributed by atoms with Crippen molar-refractivity contribution >= 4 is 46.5 Å². The molecule has 0 spiro atoms.